The highest BCUT2D eigenvalue weighted by atomic mass is 19.1. The lowest BCUT2D eigenvalue weighted by Gasteiger charge is -2.15. The van der Waals surface area contributed by atoms with Crippen molar-refractivity contribution < 1.29 is 4.39 Å². The Morgan fingerprint density at radius 3 is 2.67 bits per heavy atom. The zero-order chi connectivity index (χ0) is 15.1. The number of rotatable bonds is 7. The summed E-state index contributed by atoms with van der Waals surface area (Å²) >= 11 is 0. The van der Waals surface area contributed by atoms with Crippen molar-refractivity contribution in [2.45, 2.75) is 32.7 Å². The Hall–Kier alpha value is -2.17. The Morgan fingerprint density at radius 1 is 1.19 bits per heavy atom. The largest absolute Gasteiger partial charge is 0.367 e. The summed E-state index contributed by atoms with van der Waals surface area (Å²) in [5.41, 5.74) is 1.09. The SMILES string of the molecule is CCCNc1nccc(NC(C)Cc2ccc(F)cc2)n1. The Labute approximate surface area is 124 Å². The number of halogens is 1. The molecule has 0 saturated heterocycles. The third-order valence-corrected chi connectivity index (χ3v) is 3.04. The maximum absolute atomic E-state index is 12.9. The Balaban J connectivity index is 1.92. The van der Waals surface area contributed by atoms with E-state index < -0.39 is 0 Å². The van der Waals surface area contributed by atoms with Gasteiger partial charge >= 0.3 is 0 Å². The molecule has 1 unspecified atom stereocenters. The van der Waals surface area contributed by atoms with Crippen LogP contribution in [0.2, 0.25) is 0 Å². The average Bonchev–Trinajstić information content (AvgIpc) is 2.48. The predicted octanol–water partition coefficient (Wildman–Crippen LogP) is 3.48. The van der Waals surface area contributed by atoms with Gasteiger partial charge in [-0.25, -0.2) is 9.37 Å². The van der Waals surface area contributed by atoms with Crippen LogP contribution in [0, 0.1) is 5.82 Å². The van der Waals surface area contributed by atoms with E-state index in [0.717, 1.165) is 30.8 Å². The average molecular weight is 288 g/mol. The van der Waals surface area contributed by atoms with E-state index >= 15 is 0 Å². The third kappa shape index (κ3) is 5.02. The zero-order valence-corrected chi connectivity index (χ0v) is 12.4. The third-order valence-electron chi connectivity index (χ3n) is 3.04. The molecular weight excluding hydrogens is 267 g/mol. The van der Waals surface area contributed by atoms with Gasteiger partial charge in [-0.15, -0.1) is 0 Å². The molecule has 0 bridgehead atoms. The predicted molar refractivity (Wildman–Crippen MR) is 84.0 cm³/mol. The molecule has 112 valence electrons. The molecule has 1 atom stereocenters. The number of nitrogens with one attached hydrogen (secondary N) is 2. The van der Waals surface area contributed by atoms with Gasteiger partial charge in [0.15, 0.2) is 0 Å². The molecule has 0 radical (unpaired) electrons. The summed E-state index contributed by atoms with van der Waals surface area (Å²) in [6.07, 6.45) is 3.57. The molecule has 5 heteroatoms. The van der Waals surface area contributed by atoms with Crippen molar-refractivity contribution in [3.05, 3.63) is 47.9 Å². The van der Waals surface area contributed by atoms with Gasteiger partial charge in [0, 0.05) is 18.8 Å². The molecular formula is C16H21FN4. The van der Waals surface area contributed by atoms with Crippen LogP contribution in [0.25, 0.3) is 0 Å². The van der Waals surface area contributed by atoms with Crippen LogP contribution < -0.4 is 10.6 Å². The zero-order valence-electron chi connectivity index (χ0n) is 12.4. The van der Waals surface area contributed by atoms with E-state index in [4.69, 9.17) is 0 Å². The van der Waals surface area contributed by atoms with E-state index in [2.05, 4.69) is 34.4 Å². The van der Waals surface area contributed by atoms with Crippen LogP contribution in [0.4, 0.5) is 16.2 Å². The van der Waals surface area contributed by atoms with E-state index in [-0.39, 0.29) is 11.9 Å². The molecule has 0 saturated carbocycles. The first-order valence-corrected chi connectivity index (χ1v) is 7.25. The first-order chi connectivity index (χ1) is 10.2. The van der Waals surface area contributed by atoms with Gasteiger partial charge in [0.25, 0.3) is 0 Å². The fourth-order valence-electron chi connectivity index (χ4n) is 2.04. The molecule has 0 fully saturated rings. The number of hydrogen-bond acceptors (Lipinski definition) is 4. The topological polar surface area (TPSA) is 49.8 Å². The van der Waals surface area contributed by atoms with Gasteiger partial charge in [-0.1, -0.05) is 19.1 Å². The van der Waals surface area contributed by atoms with Crippen molar-refractivity contribution in [2.24, 2.45) is 0 Å². The fourth-order valence-corrected chi connectivity index (χ4v) is 2.04. The van der Waals surface area contributed by atoms with Crippen LogP contribution in [0.15, 0.2) is 36.5 Å². The number of nitrogens with zero attached hydrogens (tertiary/aromatic N) is 2. The van der Waals surface area contributed by atoms with E-state index in [1.807, 2.05) is 18.2 Å². The van der Waals surface area contributed by atoms with Gasteiger partial charge in [0.05, 0.1) is 0 Å². The van der Waals surface area contributed by atoms with Crippen LogP contribution in [0.5, 0.6) is 0 Å². The summed E-state index contributed by atoms with van der Waals surface area (Å²) in [5, 5.41) is 6.50. The highest BCUT2D eigenvalue weighted by Gasteiger charge is 2.06. The highest BCUT2D eigenvalue weighted by molar-refractivity contribution is 5.40. The minimum absolute atomic E-state index is 0.199. The summed E-state index contributed by atoms with van der Waals surface area (Å²) in [6.45, 7) is 5.03. The normalized spacial score (nSPS) is 12.0. The molecule has 2 aromatic rings. The van der Waals surface area contributed by atoms with Crippen LogP contribution >= 0.6 is 0 Å². The second-order valence-electron chi connectivity index (χ2n) is 5.07. The first-order valence-electron chi connectivity index (χ1n) is 7.25. The molecule has 21 heavy (non-hydrogen) atoms. The Bertz CT molecular complexity index is 556. The molecule has 0 aliphatic rings. The lowest BCUT2D eigenvalue weighted by molar-refractivity contribution is 0.626. The van der Waals surface area contributed by atoms with Crippen LogP contribution in [0.3, 0.4) is 0 Å². The smallest absolute Gasteiger partial charge is 0.224 e. The van der Waals surface area contributed by atoms with Gasteiger partial charge in [-0.3, -0.25) is 0 Å². The summed E-state index contributed by atoms with van der Waals surface area (Å²) in [6, 6.07) is 8.63. The maximum Gasteiger partial charge on any atom is 0.224 e. The van der Waals surface area contributed by atoms with Crippen molar-refractivity contribution in [1.29, 1.82) is 0 Å². The number of hydrogen-bond donors (Lipinski definition) is 2. The minimum atomic E-state index is -0.207. The fraction of sp³-hybridized carbons (Fsp3) is 0.375. The Morgan fingerprint density at radius 2 is 1.95 bits per heavy atom. The molecule has 2 rings (SSSR count). The molecule has 1 aromatic heterocycles. The quantitative estimate of drug-likeness (QED) is 0.819. The standard InChI is InChI=1S/C16H21FN4/c1-3-9-18-16-19-10-8-15(21-16)20-12(2)11-13-4-6-14(17)7-5-13/h4-8,10,12H,3,9,11H2,1-2H3,(H2,18,19,20,21). The van der Waals surface area contributed by atoms with Gasteiger partial charge in [-0.05, 0) is 43.5 Å². The van der Waals surface area contributed by atoms with Crippen LogP contribution in [-0.4, -0.2) is 22.6 Å². The van der Waals surface area contributed by atoms with Crippen molar-refractivity contribution >= 4 is 11.8 Å². The van der Waals surface area contributed by atoms with E-state index in [1.54, 1.807) is 6.20 Å². The molecule has 0 aliphatic heterocycles. The van der Waals surface area contributed by atoms with E-state index in [0.29, 0.717) is 5.95 Å². The second kappa shape index (κ2) is 7.57. The molecule has 4 nitrogen and oxygen atoms in total. The second-order valence-corrected chi connectivity index (χ2v) is 5.07. The highest BCUT2D eigenvalue weighted by Crippen LogP contribution is 2.11. The van der Waals surface area contributed by atoms with Crippen molar-refractivity contribution in [3.63, 3.8) is 0 Å². The van der Waals surface area contributed by atoms with Gasteiger partial charge in [0.2, 0.25) is 5.95 Å². The van der Waals surface area contributed by atoms with Crippen molar-refractivity contribution in [1.82, 2.24) is 9.97 Å². The van der Waals surface area contributed by atoms with Gasteiger partial charge in [0.1, 0.15) is 11.6 Å². The van der Waals surface area contributed by atoms with Gasteiger partial charge in [-0.2, -0.15) is 4.98 Å². The lowest BCUT2D eigenvalue weighted by atomic mass is 10.1. The molecule has 0 spiro atoms. The molecule has 0 aliphatic carbocycles. The molecule has 2 N–H and O–H groups in total. The maximum atomic E-state index is 12.9. The number of aromatic nitrogens is 2. The molecule has 0 amide bonds. The van der Waals surface area contributed by atoms with Crippen molar-refractivity contribution in [2.75, 3.05) is 17.2 Å². The number of benzene rings is 1. The van der Waals surface area contributed by atoms with Crippen LogP contribution in [-0.2, 0) is 6.42 Å². The van der Waals surface area contributed by atoms with Crippen molar-refractivity contribution in [3.8, 4) is 0 Å². The Kier molecular flexibility index (Phi) is 5.49. The first kappa shape index (κ1) is 15.2. The van der Waals surface area contributed by atoms with Gasteiger partial charge < -0.3 is 10.6 Å². The van der Waals surface area contributed by atoms with E-state index in [9.17, 15) is 4.39 Å². The number of anilines is 2. The summed E-state index contributed by atoms with van der Waals surface area (Å²) in [5.74, 6) is 1.22. The molecule has 1 aromatic carbocycles. The summed E-state index contributed by atoms with van der Waals surface area (Å²) in [4.78, 5) is 8.59. The molecule has 1 heterocycles. The summed E-state index contributed by atoms with van der Waals surface area (Å²) in [7, 11) is 0. The monoisotopic (exact) mass is 288 g/mol. The lowest BCUT2D eigenvalue weighted by Crippen LogP contribution is -2.19. The van der Waals surface area contributed by atoms with Crippen LogP contribution in [0.1, 0.15) is 25.8 Å². The van der Waals surface area contributed by atoms with E-state index in [1.165, 1.54) is 12.1 Å². The minimum Gasteiger partial charge on any atom is -0.367 e. The summed E-state index contributed by atoms with van der Waals surface area (Å²) < 4.78 is 12.9.